The summed E-state index contributed by atoms with van der Waals surface area (Å²) in [4.78, 5) is 25.2. The Morgan fingerprint density at radius 3 is 1.66 bits per heavy atom. The number of para-hydroxylation sites is 1. The highest BCUT2D eigenvalue weighted by Gasteiger charge is 2.19. The molecule has 0 unspecified atom stereocenters. The summed E-state index contributed by atoms with van der Waals surface area (Å²) in [6.45, 7) is 0. The normalized spacial score (nSPS) is 11.6. The summed E-state index contributed by atoms with van der Waals surface area (Å²) in [5, 5.41) is 3.14. The van der Waals surface area contributed by atoms with E-state index in [2.05, 4.69) is 97.1 Å². The summed E-state index contributed by atoms with van der Waals surface area (Å²) in [7, 11) is 0. The zero-order chi connectivity index (χ0) is 37.0. The molecule has 4 aromatic heterocycles. The Balaban J connectivity index is 1.03. The fourth-order valence-electron chi connectivity index (χ4n) is 7.44. The second-order valence-electron chi connectivity index (χ2n) is 13.7. The van der Waals surface area contributed by atoms with E-state index in [0.29, 0.717) is 23.3 Å². The lowest BCUT2D eigenvalue weighted by Gasteiger charge is -2.09. The number of aromatic nitrogens is 5. The molecule has 11 aromatic rings. The largest absolute Gasteiger partial charge is 0.455 e. The Hall–Kier alpha value is -7.35. The Labute approximate surface area is 325 Å². The zero-order valence-corrected chi connectivity index (χ0v) is 30.6. The number of nitrogens with zero attached hydrogens (tertiary/aromatic N) is 5. The minimum absolute atomic E-state index is 0.600. The molecule has 0 spiro atoms. The predicted octanol–water partition coefficient (Wildman–Crippen LogP) is 12.9. The molecule has 11 rings (SSSR count). The van der Waals surface area contributed by atoms with E-state index in [-0.39, 0.29) is 0 Å². The van der Waals surface area contributed by atoms with Crippen molar-refractivity contribution in [2.24, 2.45) is 0 Å². The van der Waals surface area contributed by atoms with Crippen molar-refractivity contribution in [1.82, 2.24) is 24.9 Å². The molecule has 0 radical (unpaired) electrons. The molecule has 0 saturated heterocycles. The van der Waals surface area contributed by atoms with Crippen LogP contribution in [0.15, 0.2) is 180 Å². The molecule has 4 heterocycles. The number of thiophene rings is 1. The third-order valence-electron chi connectivity index (χ3n) is 10.2. The van der Waals surface area contributed by atoms with Gasteiger partial charge in [0.2, 0.25) is 0 Å². The molecule has 6 nitrogen and oxygen atoms in total. The predicted molar refractivity (Wildman–Crippen MR) is 228 cm³/mol. The average molecular weight is 736 g/mol. The maximum absolute atomic E-state index is 6.65. The lowest BCUT2D eigenvalue weighted by Crippen LogP contribution is -2.00. The van der Waals surface area contributed by atoms with Crippen molar-refractivity contribution >= 4 is 53.6 Å². The van der Waals surface area contributed by atoms with Crippen molar-refractivity contribution in [3.05, 3.63) is 176 Å². The summed E-state index contributed by atoms with van der Waals surface area (Å²) >= 11 is 1.74. The maximum Gasteiger partial charge on any atom is 0.164 e. The second kappa shape index (κ2) is 13.2. The van der Waals surface area contributed by atoms with Crippen molar-refractivity contribution < 1.29 is 4.42 Å². The molecule has 0 bridgehead atoms. The number of fused-ring (bicyclic) bond motifs is 6. The van der Waals surface area contributed by atoms with E-state index in [1.807, 2.05) is 78.9 Å². The highest BCUT2D eigenvalue weighted by Crippen LogP contribution is 2.41. The van der Waals surface area contributed by atoms with Crippen molar-refractivity contribution in [2.45, 2.75) is 0 Å². The monoisotopic (exact) mass is 735 g/mol. The van der Waals surface area contributed by atoms with Gasteiger partial charge in [-0.2, -0.15) is 0 Å². The minimum atomic E-state index is 0.600. The molecule has 0 saturated carbocycles. The van der Waals surface area contributed by atoms with Crippen LogP contribution in [0.1, 0.15) is 0 Å². The first-order valence-corrected chi connectivity index (χ1v) is 19.2. The lowest BCUT2D eigenvalue weighted by atomic mass is 9.99. The summed E-state index contributed by atoms with van der Waals surface area (Å²) in [6, 6.07) is 59.8. The Bertz CT molecular complexity index is 3190. The van der Waals surface area contributed by atoms with Crippen molar-refractivity contribution in [1.29, 1.82) is 0 Å². The van der Waals surface area contributed by atoms with Crippen molar-refractivity contribution in [2.75, 3.05) is 0 Å². The zero-order valence-electron chi connectivity index (χ0n) is 29.8. The fourth-order valence-corrected chi connectivity index (χ4v) is 8.59. The van der Waals surface area contributed by atoms with Crippen LogP contribution in [-0.4, -0.2) is 24.9 Å². The van der Waals surface area contributed by atoms with Gasteiger partial charge in [-0.05, 0) is 35.9 Å². The van der Waals surface area contributed by atoms with Gasteiger partial charge in [0.1, 0.15) is 11.2 Å². The van der Waals surface area contributed by atoms with E-state index < -0.39 is 0 Å². The van der Waals surface area contributed by atoms with E-state index >= 15 is 0 Å². The molecule has 0 aliphatic carbocycles. The summed E-state index contributed by atoms with van der Waals surface area (Å²) in [5.74, 6) is 2.54. The van der Waals surface area contributed by atoms with Crippen LogP contribution < -0.4 is 0 Å². The topological polar surface area (TPSA) is 77.6 Å². The van der Waals surface area contributed by atoms with Crippen molar-refractivity contribution in [3.8, 4) is 67.9 Å². The maximum atomic E-state index is 6.65. The molecule has 0 amide bonds. The summed E-state index contributed by atoms with van der Waals surface area (Å²) in [6.07, 6.45) is 0. The summed E-state index contributed by atoms with van der Waals surface area (Å²) in [5.41, 5.74) is 10.3. The minimum Gasteiger partial charge on any atom is -0.455 e. The van der Waals surface area contributed by atoms with E-state index in [0.717, 1.165) is 82.2 Å². The first-order chi connectivity index (χ1) is 27.7. The number of rotatable bonds is 6. The number of benzene rings is 7. The molecule has 0 N–H and O–H groups in total. The van der Waals surface area contributed by atoms with Gasteiger partial charge < -0.3 is 4.42 Å². The van der Waals surface area contributed by atoms with E-state index in [1.54, 1.807) is 11.3 Å². The first-order valence-electron chi connectivity index (χ1n) is 18.4. The molecular weight excluding hydrogens is 707 g/mol. The van der Waals surface area contributed by atoms with Crippen LogP contribution in [0.25, 0.3) is 110 Å². The van der Waals surface area contributed by atoms with Gasteiger partial charge in [-0.15, -0.1) is 11.3 Å². The molecule has 7 heteroatoms. The van der Waals surface area contributed by atoms with Crippen LogP contribution in [0.5, 0.6) is 0 Å². The van der Waals surface area contributed by atoms with Crippen LogP contribution in [0.4, 0.5) is 0 Å². The SMILES string of the molecule is c1ccc(-c2nc(-c3ccccc3)nc(-c3ccc4oc5c(-c6cccc(-c7nc(-c8ccccc8)c8sc9ccccc9c8n7)c6)cccc5c4c3)n2)cc1. The third-order valence-corrected chi connectivity index (χ3v) is 11.3. The van der Waals surface area contributed by atoms with Crippen LogP contribution in [0.3, 0.4) is 0 Å². The van der Waals surface area contributed by atoms with Crippen LogP contribution in [0, 0.1) is 0 Å². The second-order valence-corrected chi connectivity index (χ2v) is 14.7. The van der Waals surface area contributed by atoms with Gasteiger partial charge in [0.05, 0.1) is 15.9 Å². The molecule has 0 aliphatic heterocycles. The van der Waals surface area contributed by atoms with Gasteiger partial charge >= 0.3 is 0 Å². The van der Waals surface area contributed by atoms with Gasteiger partial charge in [0.15, 0.2) is 23.3 Å². The molecule has 0 aliphatic rings. The molecular formula is C49H29N5OS. The van der Waals surface area contributed by atoms with E-state index in [1.165, 1.54) is 4.70 Å². The van der Waals surface area contributed by atoms with Gasteiger partial charge in [0, 0.05) is 54.2 Å². The first kappa shape index (κ1) is 32.1. The third kappa shape index (κ3) is 5.52. The number of hydrogen-bond acceptors (Lipinski definition) is 7. The quantitative estimate of drug-likeness (QED) is 0.169. The Morgan fingerprint density at radius 2 is 0.929 bits per heavy atom. The van der Waals surface area contributed by atoms with E-state index in [9.17, 15) is 0 Å². The van der Waals surface area contributed by atoms with Crippen molar-refractivity contribution in [3.63, 3.8) is 0 Å². The van der Waals surface area contributed by atoms with E-state index in [4.69, 9.17) is 29.3 Å². The fraction of sp³-hybridized carbons (Fsp3) is 0. The van der Waals surface area contributed by atoms with Gasteiger partial charge in [-0.3, -0.25) is 0 Å². The average Bonchev–Trinajstić information content (AvgIpc) is 3.85. The molecule has 56 heavy (non-hydrogen) atoms. The van der Waals surface area contributed by atoms with Gasteiger partial charge in [-0.25, -0.2) is 24.9 Å². The Kier molecular flexibility index (Phi) is 7.57. The standard InChI is InChI=1S/C49H29N5OS/c1-4-14-30(15-5-1)42-45-43(38-22-10-11-25-41(38)56-45)51-48(50-42)34-21-12-20-33(28-34)36-23-13-24-37-39-29-35(26-27-40(39)55-44(36)37)49-53-46(31-16-6-2-7-17-31)52-47(54-49)32-18-8-3-9-19-32/h1-29H. The molecule has 0 atom stereocenters. The van der Waals surface area contributed by atoms with Crippen LogP contribution >= 0.6 is 11.3 Å². The van der Waals surface area contributed by atoms with Gasteiger partial charge in [0.25, 0.3) is 0 Å². The lowest BCUT2D eigenvalue weighted by molar-refractivity contribution is 0.670. The Morgan fingerprint density at radius 1 is 0.375 bits per heavy atom. The highest BCUT2D eigenvalue weighted by molar-refractivity contribution is 7.26. The molecule has 262 valence electrons. The van der Waals surface area contributed by atoms with Gasteiger partial charge in [-0.1, -0.05) is 146 Å². The number of hydrogen-bond donors (Lipinski definition) is 0. The smallest absolute Gasteiger partial charge is 0.164 e. The summed E-state index contributed by atoms with van der Waals surface area (Å²) < 4.78 is 8.94. The molecule has 7 aromatic carbocycles. The van der Waals surface area contributed by atoms with Crippen LogP contribution in [-0.2, 0) is 0 Å². The number of furan rings is 1. The molecule has 0 fully saturated rings. The van der Waals surface area contributed by atoms with Crippen LogP contribution in [0.2, 0.25) is 0 Å². The highest BCUT2D eigenvalue weighted by atomic mass is 32.1.